The van der Waals surface area contributed by atoms with Crippen LogP contribution >= 0.6 is 0 Å². The highest BCUT2D eigenvalue weighted by atomic mass is 16.6. The number of ether oxygens (including phenoxy) is 3. The second-order valence-electron chi connectivity index (χ2n) is 14.0. The fraction of sp³-hybridized carbons (Fsp3) is 0.429. The highest BCUT2D eigenvalue weighted by molar-refractivity contribution is 5.88. The lowest BCUT2D eigenvalue weighted by molar-refractivity contribution is -0.170. The number of carbonyl (C=O) groups excluding carboxylic acids is 3. The Labute approximate surface area is 354 Å². The lowest BCUT2D eigenvalue weighted by atomic mass is 9.96. The van der Waals surface area contributed by atoms with Crippen molar-refractivity contribution in [2.24, 2.45) is 0 Å². The monoisotopic (exact) mass is 852 g/mol. The molecule has 0 saturated heterocycles. The van der Waals surface area contributed by atoms with Crippen LogP contribution in [0.15, 0.2) is 54.6 Å². The first-order valence-electron chi connectivity index (χ1n) is 19.7. The van der Waals surface area contributed by atoms with Crippen LogP contribution < -0.4 is 30.2 Å². The molecule has 19 heteroatoms. The van der Waals surface area contributed by atoms with Gasteiger partial charge in [-0.1, -0.05) is 18.2 Å². The zero-order chi connectivity index (χ0) is 45.3. The molecule has 0 fully saturated rings. The minimum Gasteiger partial charge on any atom is -0.481 e. The van der Waals surface area contributed by atoms with E-state index in [1.54, 1.807) is 35.8 Å². The molecule has 3 heterocycles. The van der Waals surface area contributed by atoms with E-state index < -0.39 is 36.4 Å². The number of carboxylic acid groups (broad SMARTS) is 3. The molecule has 3 aliphatic rings. The highest BCUT2D eigenvalue weighted by Crippen LogP contribution is 2.33. The molecule has 6 rings (SSSR count). The summed E-state index contributed by atoms with van der Waals surface area (Å²) in [5, 5.41) is 43.6. The summed E-state index contributed by atoms with van der Waals surface area (Å²) in [5.41, 5.74) is 3.77. The van der Waals surface area contributed by atoms with Gasteiger partial charge in [-0.25, -0.2) is 19.2 Å². The van der Waals surface area contributed by atoms with Gasteiger partial charge in [-0.15, -0.1) is 0 Å². The minimum atomic E-state index is -2.74. The fourth-order valence-corrected chi connectivity index (χ4v) is 5.84. The van der Waals surface area contributed by atoms with Gasteiger partial charge in [-0.3, -0.25) is 9.59 Å². The van der Waals surface area contributed by atoms with Crippen molar-refractivity contribution in [1.82, 2.24) is 14.7 Å². The van der Waals surface area contributed by atoms with Crippen molar-refractivity contribution < 1.29 is 63.4 Å². The third-order valence-corrected chi connectivity index (χ3v) is 9.71. The van der Waals surface area contributed by atoms with E-state index >= 15 is 0 Å². The quantitative estimate of drug-likeness (QED) is 0.133. The van der Waals surface area contributed by atoms with Crippen molar-refractivity contribution in [2.75, 3.05) is 76.4 Å². The number of rotatable bonds is 11. The van der Waals surface area contributed by atoms with Gasteiger partial charge in [0.05, 0.1) is 12.8 Å². The van der Waals surface area contributed by atoms with Crippen LogP contribution in [0.5, 0.6) is 17.2 Å². The lowest BCUT2D eigenvalue weighted by Crippen LogP contribution is -2.42. The molecule has 0 radical (unpaired) electrons. The molecule has 3 aliphatic heterocycles. The second-order valence-corrected chi connectivity index (χ2v) is 14.0. The minimum absolute atomic E-state index is 0.303. The zero-order valence-corrected chi connectivity index (χ0v) is 35.3. The number of anilines is 3. The van der Waals surface area contributed by atoms with E-state index in [1.807, 2.05) is 75.4 Å². The van der Waals surface area contributed by atoms with Crippen LogP contribution in [0.2, 0.25) is 0 Å². The Kier molecular flexibility index (Phi) is 18.4. The van der Waals surface area contributed by atoms with Crippen molar-refractivity contribution in [3.63, 3.8) is 0 Å². The summed E-state index contributed by atoms with van der Waals surface area (Å²) < 4.78 is 16.1. The molecule has 0 bridgehead atoms. The normalized spacial score (nSPS) is 12.4. The summed E-state index contributed by atoms with van der Waals surface area (Å²) in [6.07, 6.45) is -0.463. The molecular formula is C42H56N6O13. The van der Waals surface area contributed by atoms with Crippen LogP contribution in [0, 0.1) is 0 Å². The largest absolute Gasteiger partial charge is 0.481 e. The average molecular weight is 853 g/mol. The van der Waals surface area contributed by atoms with Crippen LogP contribution in [0.3, 0.4) is 0 Å². The van der Waals surface area contributed by atoms with Gasteiger partial charge < -0.3 is 65.3 Å². The molecule has 19 nitrogen and oxygen atoms in total. The first kappa shape index (κ1) is 48.6. The number of aliphatic carboxylic acids is 3. The Hall–Kier alpha value is -6.76. The topological polar surface area (TPSA) is 257 Å². The molecular weight excluding hydrogens is 796 g/mol. The van der Waals surface area contributed by atoms with Crippen LogP contribution in [0.4, 0.5) is 31.4 Å². The van der Waals surface area contributed by atoms with Gasteiger partial charge in [0, 0.05) is 94.2 Å². The van der Waals surface area contributed by atoms with E-state index in [0.29, 0.717) is 36.9 Å². The maximum atomic E-state index is 11.6. The van der Waals surface area contributed by atoms with Crippen molar-refractivity contribution in [2.45, 2.75) is 58.5 Å². The number of hydrogen-bond acceptors (Lipinski definition) is 13. The van der Waals surface area contributed by atoms with Gasteiger partial charge in [0.15, 0.2) is 5.60 Å². The average Bonchev–Trinajstić information content (AvgIpc) is 4.02. The summed E-state index contributed by atoms with van der Waals surface area (Å²) in [7, 11) is 5.18. The summed E-state index contributed by atoms with van der Waals surface area (Å²) in [5.74, 6) is -3.00. The van der Waals surface area contributed by atoms with Gasteiger partial charge in [-0.2, -0.15) is 0 Å². The molecule has 0 spiro atoms. The number of fused-ring (bicyclic) bond motifs is 3. The molecule has 3 amide bonds. The Morgan fingerprint density at radius 2 is 0.820 bits per heavy atom. The molecule has 7 N–H and O–H groups in total. The third kappa shape index (κ3) is 14.2. The highest BCUT2D eigenvalue weighted by Gasteiger charge is 2.40. The lowest BCUT2D eigenvalue weighted by Gasteiger charge is -2.18. The molecule has 0 saturated carbocycles. The zero-order valence-electron chi connectivity index (χ0n) is 35.3. The van der Waals surface area contributed by atoms with Crippen LogP contribution in [0.1, 0.15) is 50.3 Å². The number of nitrogens with zero attached hydrogens (tertiary/aromatic N) is 3. The summed E-state index contributed by atoms with van der Waals surface area (Å²) in [6, 6.07) is 17.2. The Morgan fingerprint density at radius 3 is 1.05 bits per heavy atom. The maximum absolute atomic E-state index is 11.6. The van der Waals surface area contributed by atoms with Crippen LogP contribution in [-0.2, 0) is 33.6 Å². The second kappa shape index (κ2) is 23.1. The smallest absolute Gasteiger partial charge is 0.414 e. The predicted octanol–water partition coefficient (Wildman–Crippen LogP) is 5.07. The van der Waals surface area contributed by atoms with Crippen molar-refractivity contribution >= 4 is 53.2 Å². The number of benzene rings is 3. The molecule has 0 aromatic heterocycles. The SMILES string of the molecule is CCN(C)C(=O)Oc1cccc2c1CCN2.CCN(C)C(=O)Oc1cccc2c1CCN2.CCN(C)C(=O)Oc1cccc2c1CCN2.O=C(O)CC(O)(CC(=O)O)C(=O)O. The van der Waals surface area contributed by atoms with Gasteiger partial charge in [0.25, 0.3) is 0 Å². The van der Waals surface area contributed by atoms with Crippen LogP contribution in [-0.4, -0.2) is 137 Å². The Morgan fingerprint density at radius 1 is 0.541 bits per heavy atom. The Bertz CT molecular complexity index is 1830. The van der Waals surface area contributed by atoms with Gasteiger partial charge in [0.1, 0.15) is 17.2 Å². The molecule has 0 unspecified atom stereocenters. The number of hydrogen-bond donors (Lipinski definition) is 7. The van der Waals surface area contributed by atoms with Crippen LogP contribution in [0.25, 0.3) is 0 Å². The molecule has 61 heavy (non-hydrogen) atoms. The summed E-state index contributed by atoms with van der Waals surface area (Å²) in [4.78, 5) is 70.0. The van der Waals surface area contributed by atoms with Crippen molar-refractivity contribution in [3.05, 3.63) is 71.3 Å². The first-order valence-corrected chi connectivity index (χ1v) is 19.7. The first-order chi connectivity index (χ1) is 28.9. The summed E-state index contributed by atoms with van der Waals surface area (Å²) >= 11 is 0. The molecule has 0 atom stereocenters. The number of aliphatic hydroxyl groups is 1. The molecule has 0 aliphatic carbocycles. The number of carbonyl (C=O) groups is 6. The van der Waals surface area contributed by atoms with E-state index in [4.69, 9.17) is 34.6 Å². The van der Waals surface area contributed by atoms with E-state index in [2.05, 4.69) is 16.0 Å². The summed E-state index contributed by atoms with van der Waals surface area (Å²) in [6.45, 7) is 10.4. The number of amides is 3. The fourth-order valence-electron chi connectivity index (χ4n) is 5.84. The molecule has 332 valence electrons. The van der Waals surface area contributed by atoms with Gasteiger partial charge >= 0.3 is 36.2 Å². The Balaban J connectivity index is 0.000000218. The number of nitrogens with one attached hydrogen (secondary N) is 3. The molecule has 3 aromatic carbocycles. The van der Waals surface area contributed by atoms with Crippen molar-refractivity contribution in [3.8, 4) is 17.2 Å². The standard InChI is InChI=1S/3C12H16N2O2.C6H8O7/c3*1-3-14(2)12(15)16-11-6-4-5-10-9(11)7-8-13-10;7-3(8)1-6(13,5(11)12)2-4(9)10/h3*4-6,13H,3,7-8H2,1-2H3;13H,1-2H2,(H,7,8)(H,9,10)(H,11,12). The molecule has 3 aromatic rings. The van der Waals surface area contributed by atoms with Gasteiger partial charge in [-0.05, 0) is 76.4 Å². The predicted molar refractivity (Wildman–Crippen MR) is 226 cm³/mol. The van der Waals surface area contributed by atoms with E-state index in [1.165, 1.54) is 0 Å². The van der Waals surface area contributed by atoms with Crippen molar-refractivity contribution in [1.29, 1.82) is 0 Å². The van der Waals surface area contributed by atoms with E-state index in [9.17, 15) is 28.8 Å². The maximum Gasteiger partial charge on any atom is 0.414 e. The van der Waals surface area contributed by atoms with E-state index in [-0.39, 0.29) is 18.3 Å². The third-order valence-electron chi connectivity index (χ3n) is 9.71. The number of carboxylic acids is 3. The van der Waals surface area contributed by atoms with Gasteiger partial charge in [0.2, 0.25) is 0 Å². The van der Waals surface area contributed by atoms with E-state index in [0.717, 1.165) is 72.6 Å².